The van der Waals surface area contributed by atoms with Gasteiger partial charge in [0.25, 0.3) is 0 Å². The summed E-state index contributed by atoms with van der Waals surface area (Å²) in [5, 5.41) is 0. The van der Waals surface area contributed by atoms with Gasteiger partial charge >= 0.3 is 5.97 Å². The lowest BCUT2D eigenvalue weighted by molar-refractivity contribution is -0.155. The maximum absolute atomic E-state index is 11.6. The Balaban J connectivity index is 2.20. The first-order valence-corrected chi connectivity index (χ1v) is 6.88. The Bertz CT molecular complexity index is 273. The van der Waals surface area contributed by atoms with Gasteiger partial charge < -0.3 is 14.5 Å². The molecule has 1 fully saturated rings. The summed E-state index contributed by atoms with van der Waals surface area (Å²) in [6.07, 6.45) is 3.04. The third-order valence-electron chi connectivity index (χ3n) is 3.31. The number of ether oxygens (including phenoxy) is 1. The van der Waals surface area contributed by atoms with Gasteiger partial charge in [-0.05, 0) is 54.3 Å². The van der Waals surface area contributed by atoms with E-state index >= 15 is 0 Å². The molecular weight excluding hydrogens is 228 g/mol. The van der Waals surface area contributed by atoms with Crippen molar-refractivity contribution in [3.63, 3.8) is 0 Å². The number of carbonyl (C=O) groups is 1. The molecule has 0 N–H and O–H groups in total. The van der Waals surface area contributed by atoms with E-state index in [9.17, 15) is 4.79 Å². The quantitative estimate of drug-likeness (QED) is 0.702. The molecule has 1 heterocycles. The van der Waals surface area contributed by atoms with Gasteiger partial charge in [-0.2, -0.15) is 0 Å². The van der Waals surface area contributed by atoms with Gasteiger partial charge in [0.1, 0.15) is 5.60 Å². The van der Waals surface area contributed by atoms with Crippen LogP contribution in [0.25, 0.3) is 0 Å². The fourth-order valence-corrected chi connectivity index (χ4v) is 2.34. The number of esters is 1. The molecule has 0 aromatic heterocycles. The maximum atomic E-state index is 11.6. The first-order valence-electron chi connectivity index (χ1n) is 6.88. The van der Waals surface area contributed by atoms with E-state index in [1.54, 1.807) is 0 Å². The van der Waals surface area contributed by atoms with Crippen LogP contribution in [0.4, 0.5) is 0 Å². The predicted octanol–water partition coefficient (Wildman–Crippen LogP) is 1.74. The highest BCUT2D eigenvalue weighted by Crippen LogP contribution is 2.15. The average molecular weight is 256 g/mol. The zero-order chi connectivity index (χ0) is 13.8. The van der Waals surface area contributed by atoms with E-state index < -0.39 is 0 Å². The van der Waals surface area contributed by atoms with Crippen molar-refractivity contribution in [3.05, 3.63) is 0 Å². The van der Waals surface area contributed by atoms with Crippen LogP contribution >= 0.6 is 0 Å². The Morgan fingerprint density at radius 1 is 1.44 bits per heavy atom. The molecule has 0 aromatic carbocycles. The highest BCUT2D eigenvalue weighted by atomic mass is 16.6. The number of carbonyl (C=O) groups excluding carboxylic acids is 1. The molecule has 0 bridgehead atoms. The highest BCUT2D eigenvalue weighted by molar-refractivity contribution is 5.70. The molecule has 18 heavy (non-hydrogen) atoms. The Morgan fingerprint density at radius 2 is 2.11 bits per heavy atom. The Hall–Kier alpha value is -0.610. The van der Waals surface area contributed by atoms with E-state index in [4.69, 9.17) is 4.74 Å². The molecule has 4 nitrogen and oxygen atoms in total. The molecule has 1 atom stereocenters. The summed E-state index contributed by atoms with van der Waals surface area (Å²) in [5.41, 5.74) is -0.374. The van der Waals surface area contributed by atoms with E-state index in [0.717, 1.165) is 13.1 Å². The summed E-state index contributed by atoms with van der Waals surface area (Å²) in [7, 11) is 4.26. The Morgan fingerprint density at radius 3 is 2.61 bits per heavy atom. The summed E-state index contributed by atoms with van der Waals surface area (Å²) in [4.78, 5) is 16.2. The molecule has 4 heteroatoms. The number of rotatable bonds is 5. The lowest BCUT2D eigenvalue weighted by Gasteiger charge is -2.26. The Kier molecular flexibility index (Phi) is 5.60. The summed E-state index contributed by atoms with van der Waals surface area (Å²) < 4.78 is 5.30. The molecule has 0 aromatic rings. The van der Waals surface area contributed by atoms with Crippen LogP contribution in [0.2, 0.25) is 0 Å². The lowest BCUT2D eigenvalue weighted by Crippen LogP contribution is -2.37. The number of nitrogens with zero attached hydrogens (tertiary/aromatic N) is 2. The van der Waals surface area contributed by atoms with Crippen LogP contribution in [-0.2, 0) is 9.53 Å². The molecule has 1 rings (SSSR count). The predicted molar refractivity (Wildman–Crippen MR) is 73.6 cm³/mol. The van der Waals surface area contributed by atoms with E-state index in [1.807, 2.05) is 20.8 Å². The largest absolute Gasteiger partial charge is 0.460 e. The second-order valence-electron chi connectivity index (χ2n) is 6.38. The van der Waals surface area contributed by atoms with Gasteiger partial charge in [0, 0.05) is 19.1 Å². The molecule has 106 valence electrons. The van der Waals surface area contributed by atoms with E-state index in [1.165, 1.54) is 19.4 Å². The van der Waals surface area contributed by atoms with Crippen molar-refractivity contribution in [1.82, 2.24) is 9.80 Å². The molecule has 0 aliphatic carbocycles. The van der Waals surface area contributed by atoms with Crippen LogP contribution in [0.15, 0.2) is 0 Å². The molecule has 1 aliphatic rings. The smallest absolute Gasteiger partial charge is 0.307 e. The second kappa shape index (κ2) is 6.53. The van der Waals surface area contributed by atoms with E-state index in [2.05, 4.69) is 23.9 Å². The van der Waals surface area contributed by atoms with Crippen LogP contribution in [0, 0.1) is 0 Å². The second-order valence-corrected chi connectivity index (χ2v) is 6.38. The van der Waals surface area contributed by atoms with Gasteiger partial charge in [0.05, 0.1) is 6.42 Å². The van der Waals surface area contributed by atoms with Crippen LogP contribution in [-0.4, -0.2) is 61.1 Å². The van der Waals surface area contributed by atoms with Crippen LogP contribution in [0.1, 0.15) is 40.0 Å². The number of likely N-dealkylation sites (tertiary alicyclic amines) is 1. The first-order chi connectivity index (χ1) is 8.28. The minimum Gasteiger partial charge on any atom is -0.460 e. The number of hydrogen-bond donors (Lipinski definition) is 0. The molecule has 1 aliphatic heterocycles. The molecule has 1 unspecified atom stereocenters. The van der Waals surface area contributed by atoms with Crippen molar-refractivity contribution in [3.8, 4) is 0 Å². The van der Waals surface area contributed by atoms with Gasteiger partial charge in [-0.15, -0.1) is 0 Å². The number of likely N-dealkylation sites (N-methyl/N-ethyl adjacent to an activating group) is 2. The summed E-state index contributed by atoms with van der Waals surface area (Å²) in [6, 6.07) is 0.647. The van der Waals surface area contributed by atoms with Crippen molar-refractivity contribution >= 4 is 5.97 Å². The summed E-state index contributed by atoms with van der Waals surface area (Å²) in [6.45, 7) is 8.73. The van der Waals surface area contributed by atoms with Gasteiger partial charge in [-0.25, -0.2) is 0 Å². The number of hydrogen-bond acceptors (Lipinski definition) is 4. The van der Waals surface area contributed by atoms with Crippen molar-refractivity contribution < 1.29 is 9.53 Å². The monoisotopic (exact) mass is 256 g/mol. The third-order valence-corrected chi connectivity index (χ3v) is 3.31. The van der Waals surface area contributed by atoms with Gasteiger partial charge in [0.2, 0.25) is 0 Å². The van der Waals surface area contributed by atoms with E-state index in [0.29, 0.717) is 12.5 Å². The topological polar surface area (TPSA) is 32.8 Å². The summed E-state index contributed by atoms with van der Waals surface area (Å²) >= 11 is 0. The van der Waals surface area contributed by atoms with Gasteiger partial charge in [-0.3, -0.25) is 4.79 Å². The highest BCUT2D eigenvalue weighted by Gasteiger charge is 2.22. The fraction of sp³-hybridized carbons (Fsp3) is 0.929. The van der Waals surface area contributed by atoms with E-state index in [-0.39, 0.29) is 11.6 Å². The van der Waals surface area contributed by atoms with Crippen molar-refractivity contribution in [2.75, 3.05) is 33.7 Å². The first kappa shape index (κ1) is 15.4. The Labute approximate surface area is 111 Å². The van der Waals surface area contributed by atoms with Crippen molar-refractivity contribution in [2.45, 2.75) is 51.7 Å². The normalized spacial score (nSPS) is 21.6. The third kappa shape index (κ3) is 5.83. The van der Waals surface area contributed by atoms with Crippen LogP contribution < -0.4 is 0 Å². The lowest BCUT2D eigenvalue weighted by atomic mass is 10.2. The zero-order valence-corrected chi connectivity index (χ0v) is 12.5. The molecule has 0 amide bonds. The molecular formula is C14H28N2O2. The summed E-state index contributed by atoms with van der Waals surface area (Å²) in [5.74, 6) is -0.103. The standard InChI is InChI=1S/C14H28N2O2/c1-14(2,3)18-13(17)8-10-15(4)11-12-7-6-9-16(12)5/h12H,6-11H2,1-5H3. The maximum Gasteiger partial charge on any atom is 0.307 e. The molecule has 0 radical (unpaired) electrons. The molecule has 1 saturated heterocycles. The minimum atomic E-state index is -0.374. The van der Waals surface area contributed by atoms with Crippen LogP contribution in [0.5, 0.6) is 0 Å². The fourth-order valence-electron chi connectivity index (χ4n) is 2.34. The average Bonchev–Trinajstić information content (AvgIpc) is 2.59. The molecule has 0 saturated carbocycles. The van der Waals surface area contributed by atoms with Gasteiger partial charge in [0.15, 0.2) is 0 Å². The van der Waals surface area contributed by atoms with Crippen molar-refractivity contribution in [1.29, 1.82) is 0 Å². The van der Waals surface area contributed by atoms with Crippen LogP contribution in [0.3, 0.4) is 0 Å². The SMILES string of the molecule is CN(CCC(=O)OC(C)(C)C)CC1CCCN1C. The zero-order valence-electron chi connectivity index (χ0n) is 12.5. The van der Waals surface area contributed by atoms with Gasteiger partial charge in [-0.1, -0.05) is 0 Å². The minimum absolute atomic E-state index is 0.103. The molecule has 0 spiro atoms. The van der Waals surface area contributed by atoms with Crippen molar-refractivity contribution in [2.24, 2.45) is 0 Å².